The third kappa shape index (κ3) is 1.15. The molecule has 1 N–H and O–H groups in total. The van der Waals surface area contributed by atoms with Gasteiger partial charge in [-0.2, -0.15) is 0 Å². The average molecular weight is 165 g/mol. The molecule has 2 heteroatoms. The Morgan fingerprint density at radius 3 is 3.00 bits per heavy atom. The molecule has 1 fully saturated rings. The van der Waals surface area contributed by atoms with Crippen LogP contribution in [0, 0.1) is 5.92 Å². The van der Waals surface area contributed by atoms with Crippen molar-refractivity contribution in [2.45, 2.75) is 38.6 Å². The summed E-state index contributed by atoms with van der Waals surface area (Å²) in [4.78, 5) is 11.2. The van der Waals surface area contributed by atoms with Crippen LogP contribution in [0.4, 0.5) is 0 Å². The van der Waals surface area contributed by atoms with Crippen LogP contribution in [0.2, 0.25) is 0 Å². The van der Waals surface area contributed by atoms with E-state index >= 15 is 0 Å². The molecule has 2 rings (SSSR count). The Morgan fingerprint density at radius 1 is 1.50 bits per heavy atom. The zero-order chi connectivity index (χ0) is 8.55. The summed E-state index contributed by atoms with van der Waals surface area (Å²) in [5.41, 5.74) is 1.03. The van der Waals surface area contributed by atoms with Crippen LogP contribution >= 0.6 is 0 Å². The molecule has 1 heterocycles. The zero-order valence-electron chi connectivity index (χ0n) is 7.47. The average Bonchev–Trinajstić information content (AvgIpc) is 2.47. The molecule has 0 aromatic carbocycles. The van der Waals surface area contributed by atoms with Crippen molar-refractivity contribution in [1.82, 2.24) is 5.32 Å². The second kappa shape index (κ2) is 2.92. The van der Waals surface area contributed by atoms with Gasteiger partial charge < -0.3 is 5.32 Å². The maximum atomic E-state index is 11.2. The van der Waals surface area contributed by atoms with Crippen LogP contribution in [0.5, 0.6) is 0 Å². The van der Waals surface area contributed by atoms with Crippen molar-refractivity contribution in [2.75, 3.05) is 0 Å². The first kappa shape index (κ1) is 7.84. The topological polar surface area (TPSA) is 29.1 Å². The molecule has 0 aromatic heterocycles. The molecule has 1 aliphatic carbocycles. The predicted octanol–water partition coefficient (Wildman–Crippen LogP) is 1.62. The lowest BCUT2D eigenvalue weighted by molar-refractivity contribution is -0.114. The molecule has 66 valence electrons. The highest BCUT2D eigenvalue weighted by atomic mass is 16.1. The smallest absolute Gasteiger partial charge is 0.157 e. The van der Waals surface area contributed by atoms with Crippen molar-refractivity contribution in [3.05, 3.63) is 11.8 Å². The van der Waals surface area contributed by atoms with Gasteiger partial charge in [0.05, 0.1) is 0 Å². The van der Waals surface area contributed by atoms with Gasteiger partial charge in [-0.15, -0.1) is 0 Å². The highest BCUT2D eigenvalue weighted by molar-refractivity contribution is 5.94. The van der Waals surface area contributed by atoms with Gasteiger partial charge in [0.1, 0.15) is 0 Å². The second-order valence-corrected chi connectivity index (χ2v) is 3.82. The highest BCUT2D eigenvalue weighted by Crippen LogP contribution is 2.33. The van der Waals surface area contributed by atoms with Gasteiger partial charge in [0.15, 0.2) is 5.78 Å². The van der Waals surface area contributed by atoms with Crippen LogP contribution in [0.15, 0.2) is 11.8 Å². The van der Waals surface area contributed by atoms with Gasteiger partial charge in [-0.25, -0.2) is 0 Å². The van der Waals surface area contributed by atoms with Crippen LogP contribution in [0.1, 0.15) is 32.6 Å². The number of rotatable bonds is 1. The van der Waals surface area contributed by atoms with Crippen LogP contribution < -0.4 is 5.32 Å². The normalized spacial score (nSPS) is 33.6. The molecule has 12 heavy (non-hydrogen) atoms. The molecule has 0 bridgehead atoms. The van der Waals surface area contributed by atoms with E-state index in [1.165, 1.54) is 25.7 Å². The van der Waals surface area contributed by atoms with Crippen molar-refractivity contribution < 1.29 is 4.79 Å². The molecular weight excluding hydrogens is 150 g/mol. The first-order chi connectivity index (χ1) is 5.79. The van der Waals surface area contributed by atoms with Crippen LogP contribution in [0.3, 0.4) is 0 Å². The molecule has 1 aliphatic heterocycles. The molecule has 2 unspecified atom stereocenters. The fraction of sp³-hybridized carbons (Fsp3) is 0.700. The summed E-state index contributed by atoms with van der Waals surface area (Å²) >= 11 is 0. The number of ketones is 1. The summed E-state index contributed by atoms with van der Waals surface area (Å²) in [6, 6.07) is 0.567. The van der Waals surface area contributed by atoms with Gasteiger partial charge in [0, 0.05) is 23.7 Å². The molecule has 0 saturated heterocycles. The summed E-state index contributed by atoms with van der Waals surface area (Å²) in [5.74, 6) is 0.771. The first-order valence-corrected chi connectivity index (χ1v) is 4.76. The third-order valence-electron chi connectivity index (χ3n) is 3.02. The lowest BCUT2D eigenvalue weighted by Crippen LogP contribution is -2.31. The van der Waals surface area contributed by atoms with Crippen molar-refractivity contribution in [2.24, 2.45) is 5.92 Å². The van der Waals surface area contributed by atoms with Crippen LogP contribution in [0.25, 0.3) is 0 Å². The van der Waals surface area contributed by atoms with E-state index in [1.54, 1.807) is 6.92 Å². The van der Waals surface area contributed by atoms with E-state index in [9.17, 15) is 4.79 Å². The number of hydrogen-bond donors (Lipinski definition) is 1. The van der Waals surface area contributed by atoms with Crippen LogP contribution in [-0.2, 0) is 4.79 Å². The van der Waals surface area contributed by atoms with Crippen molar-refractivity contribution in [3.63, 3.8) is 0 Å². The van der Waals surface area contributed by atoms with Crippen LogP contribution in [-0.4, -0.2) is 11.8 Å². The van der Waals surface area contributed by atoms with Gasteiger partial charge in [0.25, 0.3) is 0 Å². The van der Waals surface area contributed by atoms with Gasteiger partial charge in [-0.05, 0) is 19.8 Å². The lowest BCUT2D eigenvalue weighted by atomic mass is 9.81. The number of carbonyl (C=O) groups is 1. The van der Waals surface area contributed by atoms with Gasteiger partial charge in [-0.1, -0.05) is 12.8 Å². The summed E-state index contributed by atoms with van der Waals surface area (Å²) in [7, 11) is 0. The van der Waals surface area contributed by atoms with E-state index in [4.69, 9.17) is 0 Å². The second-order valence-electron chi connectivity index (χ2n) is 3.82. The van der Waals surface area contributed by atoms with Crippen molar-refractivity contribution in [3.8, 4) is 0 Å². The fourth-order valence-electron chi connectivity index (χ4n) is 2.37. The minimum atomic E-state index is 0.247. The molecule has 2 aliphatic rings. The lowest BCUT2D eigenvalue weighted by Gasteiger charge is -2.26. The zero-order valence-corrected chi connectivity index (χ0v) is 7.47. The van der Waals surface area contributed by atoms with E-state index in [0.717, 1.165) is 5.57 Å². The predicted molar refractivity (Wildman–Crippen MR) is 47.6 cm³/mol. The Bertz CT molecular complexity index is 232. The van der Waals surface area contributed by atoms with E-state index in [-0.39, 0.29) is 5.78 Å². The van der Waals surface area contributed by atoms with E-state index in [0.29, 0.717) is 12.0 Å². The van der Waals surface area contributed by atoms with Gasteiger partial charge >= 0.3 is 0 Å². The summed E-state index contributed by atoms with van der Waals surface area (Å²) in [5, 5.41) is 3.31. The number of nitrogens with one attached hydrogen (secondary N) is 1. The Balaban J connectivity index is 2.13. The molecule has 0 amide bonds. The molecular formula is C10H15NO. The molecule has 2 atom stereocenters. The molecule has 0 aromatic rings. The number of hydrogen-bond acceptors (Lipinski definition) is 2. The monoisotopic (exact) mass is 165 g/mol. The highest BCUT2D eigenvalue weighted by Gasteiger charge is 2.33. The molecule has 0 radical (unpaired) electrons. The summed E-state index contributed by atoms with van der Waals surface area (Å²) in [6.07, 6.45) is 6.96. The number of carbonyl (C=O) groups excluding carboxylic acids is 1. The van der Waals surface area contributed by atoms with Crippen molar-refractivity contribution in [1.29, 1.82) is 0 Å². The summed E-state index contributed by atoms with van der Waals surface area (Å²) < 4.78 is 0. The Labute approximate surface area is 73.0 Å². The van der Waals surface area contributed by atoms with Gasteiger partial charge in [0.2, 0.25) is 0 Å². The third-order valence-corrected chi connectivity index (χ3v) is 3.02. The SMILES string of the molecule is CC(=O)C1=CNC2CCCCC12. The Morgan fingerprint density at radius 2 is 2.25 bits per heavy atom. The van der Waals surface area contributed by atoms with Crippen molar-refractivity contribution >= 4 is 5.78 Å². The molecule has 0 spiro atoms. The Hall–Kier alpha value is -0.790. The largest absolute Gasteiger partial charge is 0.387 e. The van der Waals surface area contributed by atoms with E-state index in [2.05, 4.69) is 5.32 Å². The Kier molecular flexibility index (Phi) is 1.91. The maximum Gasteiger partial charge on any atom is 0.157 e. The summed E-state index contributed by atoms with van der Waals surface area (Å²) in [6.45, 7) is 1.67. The molecule has 1 saturated carbocycles. The first-order valence-electron chi connectivity index (χ1n) is 4.76. The van der Waals surface area contributed by atoms with Gasteiger partial charge in [-0.3, -0.25) is 4.79 Å². The van der Waals surface area contributed by atoms with E-state index < -0.39 is 0 Å². The standard InChI is InChI=1S/C10H15NO/c1-7(12)9-6-11-10-5-3-2-4-8(9)10/h6,8,10-11H,2-5H2,1H3. The number of Topliss-reactive ketones (excluding diaryl/α,β-unsaturated/α-hetero) is 1. The minimum Gasteiger partial charge on any atom is -0.387 e. The maximum absolute atomic E-state index is 11.2. The minimum absolute atomic E-state index is 0.247. The van der Waals surface area contributed by atoms with E-state index in [1.807, 2.05) is 6.20 Å². The molecule has 2 nitrogen and oxygen atoms in total. The number of fused-ring (bicyclic) bond motifs is 1. The quantitative estimate of drug-likeness (QED) is 0.639. The fourth-order valence-corrected chi connectivity index (χ4v) is 2.37.